The van der Waals surface area contributed by atoms with Crippen molar-refractivity contribution in [1.82, 2.24) is 0 Å². The van der Waals surface area contributed by atoms with E-state index in [-0.39, 0.29) is 0 Å². The summed E-state index contributed by atoms with van der Waals surface area (Å²) in [6.07, 6.45) is 1.33. The van der Waals surface area contributed by atoms with Crippen LogP contribution in [0.5, 0.6) is 0 Å². The van der Waals surface area contributed by atoms with Gasteiger partial charge in [-0.1, -0.05) is 72.3 Å². The van der Waals surface area contributed by atoms with Crippen molar-refractivity contribution in [2.24, 2.45) is 5.92 Å². The van der Waals surface area contributed by atoms with Crippen LogP contribution in [-0.4, -0.2) is 0 Å². The standard InChI is InChI=1S/C22H18/c1-14-20-13-21(20)17-10-4-5-11-19(17)22(14)18-12-6-8-15-7-2-3-9-16(15)18/h2-12,20-21H,13H2,1H3. The molecule has 0 spiro atoms. The van der Waals surface area contributed by atoms with Gasteiger partial charge in [0.05, 0.1) is 0 Å². The van der Waals surface area contributed by atoms with Gasteiger partial charge in [-0.15, -0.1) is 0 Å². The minimum absolute atomic E-state index is 0.767. The largest absolute Gasteiger partial charge is 0.0619 e. The van der Waals surface area contributed by atoms with Crippen LogP contribution in [0.3, 0.4) is 0 Å². The third-order valence-electron chi connectivity index (χ3n) is 5.43. The number of rotatable bonds is 1. The summed E-state index contributed by atoms with van der Waals surface area (Å²) in [5, 5.41) is 2.70. The van der Waals surface area contributed by atoms with Crippen molar-refractivity contribution < 1.29 is 0 Å². The highest BCUT2D eigenvalue weighted by Gasteiger charge is 2.45. The van der Waals surface area contributed by atoms with Crippen LogP contribution in [0.15, 0.2) is 72.3 Å². The van der Waals surface area contributed by atoms with Crippen molar-refractivity contribution in [3.8, 4) is 0 Å². The predicted molar refractivity (Wildman–Crippen MR) is 92.9 cm³/mol. The fourth-order valence-electron chi connectivity index (χ4n) is 4.26. The molecule has 0 amide bonds. The number of fused-ring (bicyclic) bond motifs is 4. The summed E-state index contributed by atoms with van der Waals surface area (Å²) in [6.45, 7) is 2.34. The van der Waals surface area contributed by atoms with Crippen LogP contribution < -0.4 is 0 Å². The van der Waals surface area contributed by atoms with Crippen LogP contribution >= 0.6 is 0 Å². The van der Waals surface area contributed by atoms with Gasteiger partial charge in [-0.25, -0.2) is 0 Å². The fourth-order valence-corrected chi connectivity index (χ4v) is 4.26. The quantitative estimate of drug-likeness (QED) is 0.531. The molecule has 0 N–H and O–H groups in total. The second kappa shape index (κ2) is 4.33. The highest BCUT2D eigenvalue weighted by molar-refractivity contribution is 6.00. The van der Waals surface area contributed by atoms with Gasteiger partial charge in [0, 0.05) is 0 Å². The van der Waals surface area contributed by atoms with Gasteiger partial charge in [-0.05, 0) is 58.2 Å². The Morgan fingerprint density at radius 3 is 2.41 bits per heavy atom. The highest BCUT2D eigenvalue weighted by atomic mass is 14.5. The molecule has 22 heavy (non-hydrogen) atoms. The molecule has 0 aliphatic heterocycles. The Bertz CT molecular complexity index is 924. The lowest BCUT2D eigenvalue weighted by atomic mass is 9.81. The van der Waals surface area contributed by atoms with Gasteiger partial charge in [0.1, 0.15) is 0 Å². The Morgan fingerprint density at radius 2 is 1.45 bits per heavy atom. The molecule has 2 atom stereocenters. The van der Waals surface area contributed by atoms with Crippen LogP contribution in [0, 0.1) is 5.92 Å². The van der Waals surface area contributed by atoms with Gasteiger partial charge in [-0.3, -0.25) is 0 Å². The summed E-state index contributed by atoms with van der Waals surface area (Å²) in [5.41, 5.74) is 7.47. The van der Waals surface area contributed by atoms with E-state index in [1.807, 2.05) is 0 Å². The van der Waals surface area contributed by atoms with Gasteiger partial charge in [0.25, 0.3) is 0 Å². The van der Waals surface area contributed by atoms with Gasteiger partial charge in [-0.2, -0.15) is 0 Å². The first-order valence-corrected chi connectivity index (χ1v) is 8.13. The van der Waals surface area contributed by atoms with E-state index in [4.69, 9.17) is 0 Å². The molecule has 0 radical (unpaired) electrons. The Balaban J connectivity index is 1.85. The average molecular weight is 282 g/mol. The van der Waals surface area contributed by atoms with Crippen molar-refractivity contribution in [2.45, 2.75) is 19.3 Å². The van der Waals surface area contributed by atoms with Crippen LogP contribution in [0.25, 0.3) is 16.3 Å². The van der Waals surface area contributed by atoms with Gasteiger partial charge >= 0.3 is 0 Å². The molecule has 3 aromatic rings. The molecule has 106 valence electrons. The zero-order chi connectivity index (χ0) is 14.7. The van der Waals surface area contributed by atoms with E-state index in [2.05, 4.69) is 73.7 Å². The molecular formula is C22H18. The molecule has 0 aromatic heterocycles. The maximum absolute atomic E-state index is 2.34. The maximum atomic E-state index is 2.34. The molecule has 0 heterocycles. The Hall–Kier alpha value is -2.34. The van der Waals surface area contributed by atoms with Crippen molar-refractivity contribution >= 4 is 16.3 Å². The summed E-state index contributed by atoms with van der Waals surface area (Å²) in [4.78, 5) is 0. The van der Waals surface area contributed by atoms with Crippen LogP contribution in [0.1, 0.15) is 36.0 Å². The third-order valence-corrected chi connectivity index (χ3v) is 5.43. The summed E-state index contributed by atoms with van der Waals surface area (Å²) in [5.74, 6) is 1.54. The average Bonchev–Trinajstić information content (AvgIpc) is 3.37. The molecule has 2 unspecified atom stereocenters. The van der Waals surface area contributed by atoms with E-state index >= 15 is 0 Å². The normalized spacial score (nSPS) is 22.4. The first kappa shape index (κ1) is 12.2. The number of allylic oxidation sites excluding steroid dienone is 1. The van der Waals surface area contributed by atoms with Crippen LogP contribution in [0.4, 0.5) is 0 Å². The van der Waals surface area contributed by atoms with Gasteiger partial charge in [0.15, 0.2) is 0 Å². The zero-order valence-corrected chi connectivity index (χ0v) is 12.7. The lowest BCUT2D eigenvalue weighted by molar-refractivity contribution is 0.919. The van der Waals surface area contributed by atoms with E-state index in [1.165, 1.54) is 33.9 Å². The molecule has 1 saturated carbocycles. The molecule has 1 fully saturated rings. The van der Waals surface area contributed by atoms with Gasteiger partial charge < -0.3 is 0 Å². The van der Waals surface area contributed by atoms with Crippen molar-refractivity contribution in [1.29, 1.82) is 0 Å². The molecule has 3 aromatic carbocycles. The Morgan fingerprint density at radius 1 is 0.727 bits per heavy atom. The number of benzene rings is 3. The lowest BCUT2D eigenvalue weighted by Gasteiger charge is -2.22. The molecule has 0 nitrogen and oxygen atoms in total. The molecule has 5 rings (SSSR count). The minimum Gasteiger partial charge on any atom is -0.0619 e. The highest BCUT2D eigenvalue weighted by Crippen LogP contribution is 2.59. The molecular weight excluding hydrogens is 264 g/mol. The summed E-state index contributed by atoms with van der Waals surface area (Å²) < 4.78 is 0. The van der Waals surface area contributed by atoms with Crippen molar-refractivity contribution in [2.75, 3.05) is 0 Å². The topological polar surface area (TPSA) is 0 Å². The van der Waals surface area contributed by atoms with Crippen molar-refractivity contribution in [3.63, 3.8) is 0 Å². The summed E-state index contributed by atoms with van der Waals surface area (Å²) in [7, 11) is 0. The second-order valence-electron chi connectivity index (χ2n) is 6.62. The van der Waals surface area contributed by atoms with E-state index in [9.17, 15) is 0 Å². The van der Waals surface area contributed by atoms with Crippen molar-refractivity contribution in [3.05, 3.63) is 89.0 Å². The lowest BCUT2D eigenvalue weighted by Crippen LogP contribution is -2.04. The second-order valence-corrected chi connectivity index (χ2v) is 6.62. The third kappa shape index (κ3) is 1.58. The van der Waals surface area contributed by atoms with Crippen LogP contribution in [-0.2, 0) is 0 Å². The smallest absolute Gasteiger partial charge is 0.00838 e. The maximum Gasteiger partial charge on any atom is -0.00838 e. The van der Waals surface area contributed by atoms with Gasteiger partial charge in [0.2, 0.25) is 0 Å². The van der Waals surface area contributed by atoms with E-state index < -0.39 is 0 Å². The predicted octanol–water partition coefficient (Wildman–Crippen LogP) is 5.78. The molecule has 0 heteroatoms. The van der Waals surface area contributed by atoms with E-state index in [1.54, 1.807) is 11.1 Å². The first-order chi connectivity index (χ1) is 10.8. The van der Waals surface area contributed by atoms with Crippen LogP contribution in [0.2, 0.25) is 0 Å². The summed E-state index contributed by atoms with van der Waals surface area (Å²) >= 11 is 0. The molecule has 0 bridgehead atoms. The molecule has 2 aliphatic carbocycles. The molecule has 0 saturated heterocycles. The monoisotopic (exact) mass is 282 g/mol. The first-order valence-electron chi connectivity index (χ1n) is 8.13. The summed E-state index contributed by atoms with van der Waals surface area (Å²) in [6, 6.07) is 24.5. The fraction of sp³-hybridized carbons (Fsp3) is 0.182. The number of hydrogen-bond donors (Lipinski definition) is 0. The number of hydrogen-bond acceptors (Lipinski definition) is 0. The van der Waals surface area contributed by atoms with E-state index in [0.717, 1.165) is 11.8 Å². The Labute approximate surface area is 131 Å². The minimum atomic E-state index is 0.767. The van der Waals surface area contributed by atoms with E-state index in [0.29, 0.717) is 0 Å². The Kier molecular flexibility index (Phi) is 2.41. The SMILES string of the molecule is CC1=C(c2cccc3ccccc23)c2ccccc2C2CC12. The molecule has 2 aliphatic rings. The zero-order valence-electron chi connectivity index (χ0n) is 12.7.